The van der Waals surface area contributed by atoms with Crippen LogP contribution in [0.2, 0.25) is 0 Å². The minimum absolute atomic E-state index is 0.0364. The van der Waals surface area contributed by atoms with E-state index in [4.69, 9.17) is 9.47 Å². The Morgan fingerprint density at radius 1 is 1.21 bits per heavy atom. The van der Waals surface area contributed by atoms with E-state index in [1.54, 1.807) is 0 Å². The van der Waals surface area contributed by atoms with Gasteiger partial charge in [0.25, 0.3) is 0 Å². The first-order chi connectivity index (χ1) is 9.03. The summed E-state index contributed by atoms with van der Waals surface area (Å²) < 4.78 is 11.5. The highest BCUT2D eigenvalue weighted by Gasteiger charge is 2.96. The molecule has 4 heteroatoms. The summed E-state index contributed by atoms with van der Waals surface area (Å²) >= 11 is 0. The van der Waals surface area contributed by atoms with E-state index in [1.165, 1.54) is 32.1 Å². The molecule has 2 unspecified atom stereocenters. The van der Waals surface area contributed by atoms with E-state index in [2.05, 4.69) is 0 Å². The Kier molecular flexibility index (Phi) is 2.26. The van der Waals surface area contributed by atoms with Crippen LogP contribution in [-0.2, 0) is 14.3 Å². The summed E-state index contributed by atoms with van der Waals surface area (Å²) in [4.78, 5) is 11.7. The maximum Gasteiger partial charge on any atom is 0.309 e. The predicted octanol–water partition coefficient (Wildman–Crippen LogP) is 2.91. The fourth-order valence-electron chi connectivity index (χ4n) is 4.58. The van der Waals surface area contributed by atoms with Crippen LogP contribution in [0.3, 0.4) is 0 Å². The van der Waals surface area contributed by atoms with Crippen molar-refractivity contribution in [2.45, 2.75) is 69.9 Å². The van der Waals surface area contributed by atoms with Crippen molar-refractivity contribution >= 4 is 5.97 Å². The van der Waals surface area contributed by atoms with Crippen molar-refractivity contribution in [1.82, 2.24) is 0 Å². The minimum atomic E-state index is -0.678. The lowest BCUT2D eigenvalue weighted by molar-refractivity contribution is -0.161. The quantitative estimate of drug-likeness (QED) is 0.798. The van der Waals surface area contributed by atoms with Crippen LogP contribution in [0.1, 0.15) is 58.3 Å². The number of aliphatic carboxylic acids is 1. The van der Waals surface area contributed by atoms with Crippen LogP contribution in [0.4, 0.5) is 0 Å². The molecule has 2 saturated carbocycles. The fraction of sp³-hybridized carbons (Fsp3) is 0.933. The van der Waals surface area contributed by atoms with Gasteiger partial charge in [-0.1, -0.05) is 32.1 Å². The van der Waals surface area contributed by atoms with Gasteiger partial charge in [0.05, 0.1) is 5.41 Å². The van der Waals surface area contributed by atoms with Gasteiger partial charge in [0.15, 0.2) is 0 Å². The van der Waals surface area contributed by atoms with Gasteiger partial charge in [-0.25, -0.2) is 0 Å². The Balaban J connectivity index is 1.57. The van der Waals surface area contributed by atoms with Crippen LogP contribution < -0.4 is 0 Å². The zero-order chi connectivity index (χ0) is 13.3. The van der Waals surface area contributed by atoms with Gasteiger partial charge >= 0.3 is 5.97 Å². The van der Waals surface area contributed by atoms with Crippen molar-refractivity contribution in [1.29, 1.82) is 0 Å². The van der Waals surface area contributed by atoms with E-state index in [0.717, 1.165) is 12.8 Å². The number of epoxide rings is 2. The minimum Gasteiger partial charge on any atom is -0.481 e. The molecule has 2 saturated heterocycles. The molecule has 2 heterocycles. The number of carboxylic acid groups (broad SMARTS) is 1. The topological polar surface area (TPSA) is 62.4 Å². The van der Waals surface area contributed by atoms with Gasteiger partial charge in [-0.15, -0.1) is 0 Å². The molecule has 4 aliphatic rings. The second-order valence-corrected chi connectivity index (χ2v) is 7.14. The van der Waals surface area contributed by atoms with Gasteiger partial charge < -0.3 is 14.6 Å². The average Bonchev–Trinajstić information content (AvgIpc) is 3.21. The molecular weight excluding hydrogens is 244 g/mol. The third-order valence-corrected chi connectivity index (χ3v) is 6.06. The van der Waals surface area contributed by atoms with E-state index < -0.39 is 17.2 Å². The number of carboxylic acids is 1. The van der Waals surface area contributed by atoms with E-state index in [9.17, 15) is 9.90 Å². The second kappa shape index (κ2) is 3.53. The monoisotopic (exact) mass is 266 g/mol. The lowest BCUT2D eigenvalue weighted by Crippen LogP contribution is -2.44. The molecule has 0 aromatic rings. The lowest BCUT2D eigenvalue weighted by atomic mass is 9.63. The van der Waals surface area contributed by atoms with Gasteiger partial charge in [-0.05, 0) is 25.7 Å². The number of rotatable bonds is 3. The zero-order valence-electron chi connectivity index (χ0n) is 11.5. The Labute approximate surface area is 113 Å². The smallest absolute Gasteiger partial charge is 0.309 e. The van der Waals surface area contributed by atoms with Gasteiger partial charge in [0.1, 0.15) is 0 Å². The van der Waals surface area contributed by atoms with Crippen LogP contribution >= 0.6 is 0 Å². The number of hydrogen-bond acceptors (Lipinski definition) is 3. The summed E-state index contributed by atoms with van der Waals surface area (Å²) in [5.74, 6) is -0.843. The van der Waals surface area contributed by atoms with E-state index >= 15 is 0 Å². The molecule has 0 amide bonds. The second-order valence-electron chi connectivity index (χ2n) is 7.14. The summed E-state index contributed by atoms with van der Waals surface area (Å²) in [6, 6.07) is 0. The van der Waals surface area contributed by atoms with Gasteiger partial charge in [-0.2, -0.15) is 0 Å². The normalized spacial score (nSPS) is 52.2. The fourth-order valence-corrected chi connectivity index (χ4v) is 4.58. The molecule has 4 rings (SSSR count). The largest absolute Gasteiger partial charge is 0.481 e. The zero-order valence-corrected chi connectivity index (χ0v) is 11.5. The van der Waals surface area contributed by atoms with Crippen LogP contribution in [-0.4, -0.2) is 22.7 Å². The van der Waals surface area contributed by atoms with E-state index in [0.29, 0.717) is 12.3 Å². The van der Waals surface area contributed by atoms with E-state index in [1.807, 2.05) is 6.92 Å². The lowest BCUT2D eigenvalue weighted by Gasteiger charge is -2.37. The Bertz CT molecular complexity index is 420. The molecule has 19 heavy (non-hydrogen) atoms. The summed E-state index contributed by atoms with van der Waals surface area (Å²) in [7, 11) is 0. The highest BCUT2D eigenvalue weighted by molar-refractivity contribution is 5.75. The van der Waals surface area contributed by atoms with Crippen molar-refractivity contribution in [2.24, 2.45) is 17.3 Å². The summed E-state index contributed by atoms with van der Waals surface area (Å²) in [6.07, 6.45) is 8.80. The van der Waals surface area contributed by atoms with Crippen molar-refractivity contribution in [3.63, 3.8) is 0 Å². The van der Waals surface area contributed by atoms with Gasteiger partial charge in [-0.3, -0.25) is 4.79 Å². The molecular formula is C15H22O4. The van der Waals surface area contributed by atoms with Crippen LogP contribution in [0.15, 0.2) is 0 Å². The summed E-state index contributed by atoms with van der Waals surface area (Å²) in [5.41, 5.74) is -0.673. The molecule has 2 atom stereocenters. The van der Waals surface area contributed by atoms with Crippen LogP contribution in [0.5, 0.6) is 0 Å². The first-order valence-electron chi connectivity index (χ1n) is 7.66. The SMILES string of the molecule is CC1(C(=O)O)CCC23OC2(O3)C1CC1CCCCC1. The molecule has 0 radical (unpaired) electrons. The first-order valence-corrected chi connectivity index (χ1v) is 7.66. The maximum absolute atomic E-state index is 11.7. The molecule has 0 bridgehead atoms. The molecule has 0 aromatic carbocycles. The molecule has 2 aliphatic heterocycles. The highest BCUT2D eigenvalue weighted by Crippen LogP contribution is 2.80. The Hall–Kier alpha value is -0.610. The molecule has 1 N–H and O–H groups in total. The summed E-state index contributed by atoms with van der Waals surface area (Å²) in [6.45, 7) is 1.89. The summed E-state index contributed by atoms with van der Waals surface area (Å²) in [5, 5.41) is 9.65. The molecule has 106 valence electrons. The molecule has 4 nitrogen and oxygen atoms in total. The Morgan fingerprint density at radius 2 is 1.89 bits per heavy atom. The first kappa shape index (κ1) is 12.2. The van der Waals surface area contributed by atoms with Crippen molar-refractivity contribution < 1.29 is 19.4 Å². The standard InChI is InChI=1S/C15H22O4/c1-13(12(16)17)7-8-14-15(18-14,19-14)11(13)9-10-5-3-2-4-6-10/h10-11H,2-9H2,1H3,(H,16,17). The van der Waals surface area contributed by atoms with Crippen molar-refractivity contribution in [2.75, 3.05) is 0 Å². The van der Waals surface area contributed by atoms with Crippen LogP contribution in [0.25, 0.3) is 0 Å². The third kappa shape index (κ3) is 1.44. The van der Waals surface area contributed by atoms with E-state index in [-0.39, 0.29) is 11.7 Å². The highest BCUT2D eigenvalue weighted by atomic mass is 17.0. The van der Waals surface area contributed by atoms with Gasteiger partial charge in [0, 0.05) is 12.3 Å². The molecule has 0 aromatic heterocycles. The number of hydrogen-bond donors (Lipinski definition) is 1. The molecule has 0 spiro atoms. The molecule has 4 fully saturated rings. The Morgan fingerprint density at radius 3 is 2.53 bits per heavy atom. The van der Waals surface area contributed by atoms with Crippen LogP contribution in [0, 0.1) is 17.3 Å². The third-order valence-electron chi connectivity index (χ3n) is 6.06. The maximum atomic E-state index is 11.7. The predicted molar refractivity (Wildman–Crippen MR) is 67.3 cm³/mol. The van der Waals surface area contributed by atoms with Crippen molar-refractivity contribution in [3.8, 4) is 0 Å². The number of carbonyl (C=O) groups is 1. The van der Waals surface area contributed by atoms with Crippen molar-refractivity contribution in [3.05, 3.63) is 0 Å². The number of ether oxygens (including phenoxy) is 2. The molecule has 2 aliphatic carbocycles. The van der Waals surface area contributed by atoms with Gasteiger partial charge in [0.2, 0.25) is 11.6 Å². The average molecular weight is 266 g/mol.